The number of nitrogens with one attached hydrogen (secondary N) is 1. The van der Waals surface area contributed by atoms with Gasteiger partial charge in [-0.1, -0.05) is 34.8 Å². The number of hydrogen-bond donors (Lipinski definition) is 1. The molecule has 1 aliphatic rings. The summed E-state index contributed by atoms with van der Waals surface area (Å²) in [6, 6.07) is 13.7. The van der Waals surface area contributed by atoms with Crippen molar-refractivity contribution in [2.45, 2.75) is 12.5 Å². The fraction of sp³-hybridized carbons (Fsp3) is 0.105. The molecule has 0 saturated heterocycles. The molecule has 26 heavy (non-hydrogen) atoms. The van der Waals surface area contributed by atoms with Gasteiger partial charge in [-0.15, -0.1) is 0 Å². The largest absolute Gasteiger partial charge is 0.459 e. The van der Waals surface area contributed by atoms with Crippen molar-refractivity contribution < 1.29 is 8.81 Å². The molecule has 2 aromatic carbocycles. The van der Waals surface area contributed by atoms with Crippen LogP contribution in [0.15, 0.2) is 58.0 Å². The van der Waals surface area contributed by atoms with Gasteiger partial charge in [0.1, 0.15) is 23.4 Å². The Morgan fingerprint density at radius 3 is 2.54 bits per heavy atom. The van der Waals surface area contributed by atoms with E-state index in [1.807, 2.05) is 36.4 Å². The second-order valence-corrected chi connectivity index (χ2v) is 7.15. The molecule has 1 aliphatic heterocycles. The van der Waals surface area contributed by atoms with Gasteiger partial charge in [-0.3, -0.25) is 5.43 Å². The summed E-state index contributed by atoms with van der Waals surface area (Å²) in [6.07, 6.45) is 0.522. The molecule has 0 spiro atoms. The molecule has 4 rings (SSSR count). The molecular formula is C19H12Cl3FN2O. The minimum absolute atomic E-state index is 0.0134. The van der Waals surface area contributed by atoms with Crippen LogP contribution < -0.4 is 5.43 Å². The highest BCUT2D eigenvalue weighted by Crippen LogP contribution is 2.33. The van der Waals surface area contributed by atoms with Crippen molar-refractivity contribution in [1.29, 1.82) is 0 Å². The van der Waals surface area contributed by atoms with E-state index < -0.39 is 5.82 Å². The van der Waals surface area contributed by atoms with Crippen LogP contribution >= 0.6 is 34.8 Å². The van der Waals surface area contributed by atoms with Crippen LogP contribution in [0.4, 0.5) is 4.39 Å². The smallest absolute Gasteiger partial charge is 0.142 e. The standard InChI is InChI=1S/C19H12Cl3FN2O/c20-11-3-1-10(2-4-11)18-5-6-19(26-18)17-9-16(24-25-17)12-7-15(23)14(22)8-13(12)21/h1-8,17,25H,9H2/t17-/m1/s1. The monoisotopic (exact) mass is 408 g/mol. The first-order valence-electron chi connectivity index (χ1n) is 7.84. The number of rotatable bonds is 3. The van der Waals surface area contributed by atoms with Gasteiger partial charge in [0.15, 0.2) is 0 Å². The van der Waals surface area contributed by atoms with Crippen LogP contribution in [0.1, 0.15) is 23.8 Å². The molecule has 1 atom stereocenters. The lowest BCUT2D eigenvalue weighted by molar-refractivity contribution is 0.448. The quantitative estimate of drug-likeness (QED) is 0.502. The summed E-state index contributed by atoms with van der Waals surface area (Å²) in [5, 5.41) is 5.30. The summed E-state index contributed by atoms with van der Waals surface area (Å²) in [4.78, 5) is 0. The molecule has 0 saturated carbocycles. The number of hydrogen-bond acceptors (Lipinski definition) is 3. The Bertz CT molecular complexity index is 999. The van der Waals surface area contributed by atoms with Gasteiger partial charge >= 0.3 is 0 Å². The van der Waals surface area contributed by atoms with Crippen LogP contribution in [0.3, 0.4) is 0 Å². The lowest BCUT2D eigenvalue weighted by Gasteiger charge is -2.07. The van der Waals surface area contributed by atoms with Gasteiger partial charge in [-0.05, 0) is 48.5 Å². The van der Waals surface area contributed by atoms with E-state index in [-0.39, 0.29) is 11.1 Å². The Kier molecular flexibility index (Phi) is 4.65. The second kappa shape index (κ2) is 6.95. The maximum Gasteiger partial charge on any atom is 0.142 e. The third-order valence-electron chi connectivity index (χ3n) is 4.17. The summed E-state index contributed by atoms with van der Waals surface area (Å²) in [6.45, 7) is 0. The Balaban J connectivity index is 1.54. The van der Waals surface area contributed by atoms with Gasteiger partial charge in [0, 0.05) is 22.6 Å². The minimum Gasteiger partial charge on any atom is -0.459 e. The maximum absolute atomic E-state index is 13.8. The Labute approximate surface area is 164 Å². The van der Waals surface area contributed by atoms with Crippen molar-refractivity contribution in [2.75, 3.05) is 0 Å². The highest BCUT2D eigenvalue weighted by atomic mass is 35.5. The highest BCUT2D eigenvalue weighted by Gasteiger charge is 2.26. The molecule has 3 nitrogen and oxygen atoms in total. The SMILES string of the molecule is Fc1cc(C2=NN[C@@H](c3ccc(-c4ccc(Cl)cc4)o3)C2)c(Cl)cc1Cl. The van der Waals surface area contributed by atoms with E-state index in [0.717, 1.165) is 17.1 Å². The van der Waals surface area contributed by atoms with E-state index in [4.69, 9.17) is 39.2 Å². The van der Waals surface area contributed by atoms with Crippen molar-refractivity contribution in [3.63, 3.8) is 0 Å². The lowest BCUT2D eigenvalue weighted by atomic mass is 10.0. The van der Waals surface area contributed by atoms with Crippen molar-refractivity contribution in [1.82, 2.24) is 5.43 Å². The fourth-order valence-corrected chi connectivity index (χ4v) is 3.45. The summed E-state index contributed by atoms with van der Waals surface area (Å²) in [5.74, 6) is 0.946. The molecule has 7 heteroatoms. The summed E-state index contributed by atoms with van der Waals surface area (Å²) in [5.41, 5.74) is 5.12. The molecule has 3 aromatic rings. The third-order valence-corrected chi connectivity index (χ3v) is 5.03. The molecule has 0 radical (unpaired) electrons. The molecule has 0 unspecified atom stereocenters. The molecule has 1 N–H and O–H groups in total. The number of nitrogens with zero attached hydrogens (tertiary/aromatic N) is 1. The van der Waals surface area contributed by atoms with Crippen LogP contribution in [-0.4, -0.2) is 5.71 Å². The van der Waals surface area contributed by atoms with Crippen LogP contribution in [-0.2, 0) is 0 Å². The van der Waals surface area contributed by atoms with E-state index in [0.29, 0.717) is 27.7 Å². The number of hydrazone groups is 1. The van der Waals surface area contributed by atoms with Crippen molar-refractivity contribution in [3.05, 3.63) is 80.7 Å². The van der Waals surface area contributed by atoms with Gasteiger partial charge in [0.2, 0.25) is 0 Å². The van der Waals surface area contributed by atoms with E-state index >= 15 is 0 Å². The van der Waals surface area contributed by atoms with Crippen molar-refractivity contribution in [3.8, 4) is 11.3 Å². The van der Waals surface area contributed by atoms with Crippen LogP contribution in [0.5, 0.6) is 0 Å². The van der Waals surface area contributed by atoms with E-state index in [1.165, 1.54) is 12.1 Å². The zero-order valence-electron chi connectivity index (χ0n) is 13.3. The number of benzene rings is 2. The first kappa shape index (κ1) is 17.4. The zero-order valence-corrected chi connectivity index (χ0v) is 15.5. The second-order valence-electron chi connectivity index (χ2n) is 5.90. The van der Waals surface area contributed by atoms with Crippen LogP contribution in [0, 0.1) is 5.82 Å². The highest BCUT2D eigenvalue weighted by molar-refractivity contribution is 6.37. The van der Waals surface area contributed by atoms with E-state index in [1.54, 1.807) is 0 Å². The predicted octanol–water partition coefficient (Wildman–Crippen LogP) is 6.48. The maximum atomic E-state index is 13.8. The van der Waals surface area contributed by atoms with E-state index in [2.05, 4.69) is 10.5 Å². The van der Waals surface area contributed by atoms with Crippen LogP contribution in [0.2, 0.25) is 15.1 Å². The van der Waals surface area contributed by atoms with Crippen molar-refractivity contribution >= 4 is 40.5 Å². The average molecular weight is 410 g/mol. The first-order chi connectivity index (χ1) is 12.5. The van der Waals surface area contributed by atoms with Crippen molar-refractivity contribution in [2.24, 2.45) is 5.10 Å². The van der Waals surface area contributed by atoms with Gasteiger partial charge in [0.25, 0.3) is 0 Å². The topological polar surface area (TPSA) is 37.5 Å². The Morgan fingerprint density at radius 1 is 1.00 bits per heavy atom. The summed E-state index contributed by atoms with van der Waals surface area (Å²) < 4.78 is 19.7. The molecular weight excluding hydrogens is 398 g/mol. The van der Waals surface area contributed by atoms with Gasteiger partial charge in [-0.2, -0.15) is 5.10 Å². The summed E-state index contributed by atoms with van der Waals surface area (Å²) in [7, 11) is 0. The molecule has 132 valence electrons. The Hall–Kier alpha value is -2.01. The van der Waals surface area contributed by atoms with Gasteiger partial charge in [0.05, 0.1) is 15.8 Å². The fourth-order valence-electron chi connectivity index (χ4n) is 2.83. The molecule has 1 aromatic heterocycles. The zero-order chi connectivity index (χ0) is 18.3. The molecule has 0 amide bonds. The number of furan rings is 1. The lowest BCUT2D eigenvalue weighted by Crippen LogP contribution is -2.08. The number of halogens is 4. The van der Waals surface area contributed by atoms with E-state index in [9.17, 15) is 4.39 Å². The predicted molar refractivity (Wildman–Crippen MR) is 103 cm³/mol. The average Bonchev–Trinajstić information content (AvgIpc) is 3.28. The molecule has 0 fully saturated rings. The van der Waals surface area contributed by atoms with Gasteiger partial charge < -0.3 is 4.42 Å². The molecule has 2 heterocycles. The third kappa shape index (κ3) is 3.32. The molecule has 0 bridgehead atoms. The molecule has 0 aliphatic carbocycles. The van der Waals surface area contributed by atoms with Crippen LogP contribution in [0.25, 0.3) is 11.3 Å². The first-order valence-corrected chi connectivity index (χ1v) is 8.97. The normalized spacial score (nSPS) is 16.5. The Morgan fingerprint density at radius 2 is 1.77 bits per heavy atom. The van der Waals surface area contributed by atoms with Gasteiger partial charge in [-0.25, -0.2) is 4.39 Å². The summed E-state index contributed by atoms with van der Waals surface area (Å²) >= 11 is 17.8. The minimum atomic E-state index is -0.528.